The number of thiazole rings is 1. The first-order chi connectivity index (χ1) is 16.1. The molecule has 5 aromatic rings. The topological polar surface area (TPSA) is 71.1 Å². The van der Waals surface area contributed by atoms with E-state index < -0.39 is 0 Å². The summed E-state index contributed by atoms with van der Waals surface area (Å²) in [5.74, 6) is 0.665. The fourth-order valence-corrected chi connectivity index (χ4v) is 4.73. The molecule has 0 amide bonds. The van der Waals surface area contributed by atoms with Crippen molar-refractivity contribution < 1.29 is 9.15 Å². The molecule has 0 spiro atoms. The number of furan rings is 1. The van der Waals surface area contributed by atoms with Crippen LogP contribution in [0.5, 0.6) is 5.75 Å². The SMILES string of the molecule is COc1cc2c(cc1NC=C(C#N)c1nc(-c3ccc(C)cc3C)cs1)oc1ccccc12. The van der Waals surface area contributed by atoms with E-state index >= 15 is 0 Å². The lowest BCUT2D eigenvalue weighted by Gasteiger charge is -2.08. The monoisotopic (exact) mass is 451 g/mol. The van der Waals surface area contributed by atoms with E-state index in [1.54, 1.807) is 13.3 Å². The number of aryl methyl sites for hydroxylation is 2. The van der Waals surface area contributed by atoms with Crippen molar-refractivity contribution in [2.24, 2.45) is 0 Å². The quantitative estimate of drug-likeness (QED) is 0.284. The second-order valence-corrected chi connectivity index (χ2v) is 8.68. The average Bonchev–Trinajstić information content (AvgIpc) is 3.43. The zero-order valence-electron chi connectivity index (χ0n) is 18.5. The maximum absolute atomic E-state index is 9.78. The highest BCUT2D eigenvalue weighted by atomic mass is 32.1. The van der Waals surface area contributed by atoms with Gasteiger partial charge in [0.1, 0.15) is 33.6 Å². The van der Waals surface area contributed by atoms with E-state index in [9.17, 15) is 5.26 Å². The van der Waals surface area contributed by atoms with Crippen molar-refractivity contribution in [3.8, 4) is 23.1 Å². The van der Waals surface area contributed by atoms with Crippen molar-refractivity contribution in [1.82, 2.24) is 4.98 Å². The molecule has 0 aliphatic rings. The molecule has 33 heavy (non-hydrogen) atoms. The lowest BCUT2D eigenvalue weighted by molar-refractivity contribution is 0.417. The van der Waals surface area contributed by atoms with Crippen LogP contribution >= 0.6 is 11.3 Å². The molecule has 162 valence electrons. The predicted octanol–water partition coefficient (Wildman–Crippen LogP) is 7.31. The van der Waals surface area contributed by atoms with Gasteiger partial charge in [-0.25, -0.2) is 4.98 Å². The van der Waals surface area contributed by atoms with Crippen LogP contribution in [0.4, 0.5) is 5.69 Å². The molecule has 0 aliphatic heterocycles. The van der Waals surface area contributed by atoms with Crippen LogP contribution in [0.1, 0.15) is 16.1 Å². The Bertz CT molecular complexity index is 1570. The summed E-state index contributed by atoms with van der Waals surface area (Å²) in [6.07, 6.45) is 1.66. The summed E-state index contributed by atoms with van der Waals surface area (Å²) in [7, 11) is 1.63. The third-order valence-electron chi connectivity index (χ3n) is 5.58. The maximum atomic E-state index is 9.78. The second kappa shape index (κ2) is 8.45. The maximum Gasteiger partial charge on any atom is 0.143 e. The fraction of sp³-hybridized carbons (Fsp3) is 0.111. The summed E-state index contributed by atoms with van der Waals surface area (Å²) in [6.45, 7) is 4.15. The van der Waals surface area contributed by atoms with Crippen LogP contribution in [0.15, 0.2) is 70.6 Å². The van der Waals surface area contributed by atoms with Crippen LogP contribution in [0.3, 0.4) is 0 Å². The first-order valence-corrected chi connectivity index (χ1v) is 11.3. The number of para-hydroxylation sites is 1. The van der Waals surface area contributed by atoms with Gasteiger partial charge in [-0.1, -0.05) is 42.0 Å². The predicted molar refractivity (Wildman–Crippen MR) is 135 cm³/mol. The third kappa shape index (κ3) is 3.84. The minimum Gasteiger partial charge on any atom is -0.495 e. The van der Waals surface area contributed by atoms with Gasteiger partial charge in [-0.3, -0.25) is 0 Å². The summed E-state index contributed by atoms with van der Waals surface area (Å²) < 4.78 is 11.6. The molecule has 0 saturated heterocycles. The fourth-order valence-electron chi connectivity index (χ4n) is 3.95. The summed E-state index contributed by atoms with van der Waals surface area (Å²) in [5.41, 5.74) is 7.05. The second-order valence-electron chi connectivity index (χ2n) is 7.82. The Morgan fingerprint density at radius 3 is 2.73 bits per heavy atom. The lowest BCUT2D eigenvalue weighted by Crippen LogP contribution is -1.95. The molecule has 5 rings (SSSR count). The van der Waals surface area contributed by atoms with Gasteiger partial charge in [-0.2, -0.15) is 5.26 Å². The Morgan fingerprint density at radius 2 is 1.94 bits per heavy atom. The Balaban J connectivity index is 1.48. The molecule has 6 heteroatoms. The van der Waals surface area contributed by atoms with E-state index in [-0.39, 0.29) is 0 Å². The van der Waals surface area contributed by atoms with E-state index in [2.05, 4.69) is 43.4 Å². The molecule has 1 N–H and O–H groups in total. The van der Waals surface area contributed by atoms with E-state index in [1.807, 2.05) is 41.8 Å². The number of allylic oxidation sites excluding steroid dienone is 1. The van der Waals surface area contributed by atoms with Crippen molar-refractivity contribution in [2.45, 2.75) is 13.8 Å². The van der Waals surface area contributed by atoms with Crippen LogP contribution < -0.4 is 10.1 Å². The first kappa shape index (κ1) is 20.8. The average molecular weight is 452 g/mol. The first-order valence-electron chi connectivity index (χ1n) is 10.5. The molecule has 0 radical (unpaired) electrons. The van der Waals surface area contributed by atoms with Crippen molar-refractivity contribution in [3.63, 3.8) is 0 Å². The Morgan fingerprint density at radius 1 is 1.09 bits per heavy atom. The van der Waals surface area contributed by atoms with E-state index in [1.165, 1.54) is 16.9 Å². The molecule has 0 fully saturated rings. The van der Waals surface area contributed by atoms with Crippen LogP contribution in [-0.2, 0) is 0 Å². The number of rotatable bonds is 5. The number of hydrogen-bond acceptors (Lipinski definition) is 6. The zero-order chi connectivity index (χ0) is 22.9. The Hall–Kier alpha value is -4.08. The number of anilines is 1. The van der Waals surface area contributed by atoms with Gasteiger partial charge in [0, 0.05) is 34.0 Å². The lowest BCUT2D eigenvalue weighted by atomic mass is 10.0. The highest BCUT2D eigenvalue weighted by Crippen LogP contribution is 2.37. The van der Waals surface area contributed by atoms with Gasteiger partial charge in [0.05, 0.1) is 18.5 Å². The summed E-state index contributed by atoms with van der Waals surface area (Å²) >= 11 is 1.45. The summed E-state index contributed by atoms with van der Waals surface area (Å²) in [5, 5.41) is 17.7. The molecular formula is C27H21N3O2S. The van der Waals surface area contributed by atoms with Crippen molar-refractivity contribution in [2.75, 3.05) is 12.4 Å². The molecule has 2 aromatic heterocycles. The van der Waals surface area contributed by atoms with Crippen LogP contribution in [-0.4, -0.2) is 12.1 Å². The third-order valence-corrected chi connectivity index (χ3v) is 6.46. The van der Waals surface area contributed by atoms with Crippen molar-refractivity contribution in [1.29, 1.82) is 5.26 Å². The van der Waals surface area contributed by atoms with Crippen LogP contribution in [0, 0.1) is 25.2 Å². The van der Waals surface area contributed by atoms with E-state index in [0.717, 1.165) is 38.8 Å². The smallest absolute Gasteiger partial charge is 0.143 e. The normalized spacial score (nSPS) is 11.6. The number of aromatic nitrogens is 1. The minimum atomic E-state index is 0.447. The number of nitrogens with zero attached hydrogens (tertiary/aromatic N) is 2. The largest absolute Gasteiger partial charge is 0.495 e. The molecule has 0 atom stereocenters. The highest BCUT2D eigenvalue weighted by molar-refractivity contribution is 7.11. The van der Waals surface area contributed by atoms with Gasteiger partial charge in [0.15, 0.2) is 0 Å². The number of methoxy groups -OCH3 is 1. The van der Waals surface area contributed by atoms with Crippen molar-refractivity contribution >= 4 is 44.5 Å². The van der Waals surface area contributed by atoms with E-state index in [0.29, 0.717) is 22.0 Å². The molecule has 0 saturated carbocycles. The molecule has 0 aliphatic carbocycles. The molecule has 0 bridgehead atoms. The molecule has 5 nitrogen and oxygen atoms in total. The number of ether oxygens (including phenoxy) is 1. The molecule has 2 heterocycles. The standard InChI is InChI=1S/C27H21N3O2S/c1-16-8-9-19(17(2)10-16)23-15-33-27(30-23)18(13-28)14-29-22-12-25-21(11-26(22)31-3)20-6-4-5-7-24(20)32-25/h4-12,14-15,29H,1-3H3. The van der Waals surface area contributed by atoms with Gasteiger partial charge in [0.25, 0.3) is 0 Å². The number of hydrogen-bond donors (Lipinski definition) is 1. The zero-order valence-corrected chi connectivity index (χ0v) is 19.3. The van der Waals surface area contributed by atoms with Gasteiger partial charge in [-0.05, 0) is 31.5 Å². The van der Waals surface area contributed by atoms with E-state index in [4.69, 9.17) is 14.1 Å². The number of nitriles is 1. The summed E-state index contributed by atoms with van der Waals surface area (Å²) in [4.78, 5) is 4.71. The van der Waals surface area contributed by atoms with Gasteiger partial charge in [0.2, 0.25) is 0 Å². The van der Waals surface area contributed by atoms with Gasteiger partial charge >= 0.3 is 0 Å². The van der Waals surface area contributed by atoms with Crippen LogP contribution in [0.25, 0.3) is 38.8 Å². The summed E-state index contributed by atoms with van der Waals surface area (Å²) in [6, 6.07) is 20.3. The molecule has 3 aromatic carbocycles. The highest BCUT2D eigenvalue weighted by Gasteiger charge is 2.14. The number of fused-ring (bicyclic) bond motifs is 3. The van der Waals surface area contributed by atoms with Gasteiger partial charge < -0.3 is 14.5 Å². The van der Waals surface area contributed by atoms with Crippen LogP contribution in [0.2, 0.25) is 0 Å². The van der Waals surface area contributed by atoms with Gasteiger partial charge in [-0.15, -0.1) is 11.3 Å². The molecular weight excluding hydrogens is 430 g/mol. The Kier molecular flexibility index (Phi) is 5.33. The van der Waals surface area contributed by atoms with Crippen molar-refractivity contribution in [3.05, 3.63) is 82.3 Å². The molecule has 0 unspecified atom stereocenters. The minimum absolute atomic E-state index is 0.447. The number of nitrogens with one attached hydrogen (secondary N) is 1. The Labute approximate surface area is 195 Å². The number of benzene rings is 3.